The average molecular weight is 517 g/mol. The number of nitrogens with zero attached hydrogens (tertiary/aromatic N) is 3. The summed E-state index contributed by atoms with van der Waals surface area (Å²) in [7, 11) is -1.95. The Hall–Kier alpha value is -2.98. The molecule has 0 radical (unpaired) electrons. The molecule has 2 aliphatic rings. The van der Waals surface area contributed by atoms with Crippen LogP contribution in [0.1, 0.15) is 60.0 Å². The number of likely N-dealkylation sites (N-methyl/N-ethyl adjacent to an activating group) is 1. The molecule has 2 aromatic carbocycles. The molecule has 2 saturated heterocycles. The van der Waals surface area contributed by atoms with Crippen LogP contribution in [0.2, 0.25) is 0 Å². The molecular weight excluding hydrogens is 483 g/mol. The number of nitrogens with one attached hydrogen (secondary N) is 1. The molecule has 0 saturated carbocycles. The number of amidine groups is 1. The lowest BCUT2D eigenvalue weighted by Gasteiger charge is -2.39. The number of benzene rings is 2. The van der Waals surface area contributed by atoms with E-state index >= 15 is 0 Å². The van der Waals surface area contributed by atoms with E-state index in [2.05, 4.69) is 14.6 Å². The van der Waals surface area contributed by atoms with Crippen molar-refractivity contribution in [2.45, 2.75) is 44.1 Å². The fourth-order valence-electron chi connectivity index (χ4n) is 4.84. The molecule has 1 amide bonds. The molecule has 194 valence electrons. The summed E-state index contributed by atoms with van der Waals surface area (Å²) in [5.74, 6) is -0.546. The van der Waals surface area contributed by atoms with E-state index in [1.54, 1.807) is 63.2 Å². The third kappa shape index (κ3) is 5.54. The molecule has 0 aliphatic carbocycles. The van der Waals surface area contributed by atoms with Crippen LogP contribution in [0.4, 0.5) is 4.39 Å². The fourth-order valence-corrected chi connectivity index (χ4v) is 6.59. The van der Waals surface area contributed by atoms with E-state index in [1.165, 1.54) is 6.07 Å². The molecule has 2 atom stereocenters. The summed E-state index contributed by atoms with van der Waals surface area (Å²) in [5.41, 5.74) is 0.0195. The molecule has 1 unspecified atom stereocenters. The summed E-state index contributed by atoms with van der Waals surface area (Å²) in [6.45, 7) is 8.00. The number of rotatable bonds is 4. The van der Waals surface area contributed by atoms with E-state index in [1.807, 2.05) is 11.9 Å². The van der Waals surface area contributed by atoms with Gasteiger partial charge < -0.3 is 14.5 Å². The Labute approximate surface area is 212 Å². The van der Waals surface area contributed by atoms with Crippen LogP contribution >= 0.6 is 0 Å². The van der Waals surface area contributed by atoms with Gasteiger partial charge in [0, 0.05) is 30.8 Å². The third-order valence-electron chi connectivity index (χ3n) is 6.64. The molecule has 8 nitrogen and oxygen atoms in total. The van der Waals surface area contributed by atoms with Gasteiger partial charge in [0.25, 0.3) is 11.9 Å². The van der Waals surface area contributed by atoms with Gasteiger partial charge in [0.2, 0.25) is 10.0 Å². The Kier molecular flexibility index (Phi) is 7.38. The number of aliphatic imine (C=N–C) groups is 1. The van der Waals surface area contributed by atoms with Crippen molar-refractivity contribution in [3.05, 3.63) is 71.0 Å². The molecule has 1 N–H and O–H groups in total. The first-order valence-electron chi connectivity index (χ1n) is 12.1. The topological polar surface area (TPSA) is 91.3 Å². The van der Waals surface area contributed by atoms with Crippen molar-refractivity contribution < 1.29 is 22.3 Å². The lowest BCUT2D eigenvalue weighted by atomic mass is 9.95. The number of amides is 1. The normalized spacial score (nSPS) is 23.9. The van der Waals surface area contributed by atoms with Crippen LogP contribution in [0.5, 0.6) is 0 Å². The van der Waals surface area contributed by atoms with Crippen molar-refractivity contribution in [1.82, 2.24) is 14.5 Å². The smallest absolute Gasteiger partial charge is 0.299 e. The SMILES string of the molecule is C[C@H](N=C1NS(=O)(=O)C(c2cccc(C(=O)N3CCCN(C)CC3)c2)C(C)(C)O1)c1ccccc1F. The van der Waals surface area contributed by atoms with Gasteiger partial charge in [0.05, 0.1) is 6.04 Å². The van der Waals surface area contributed by atoms with Gasteiger partial charge in [-0.05, 0) is 64.5 Å². The van der Waals surface area contributed by atoms with E-state index < -0.39 is 32.7 Å². The zero-order valence-corrected chi connectivity index (χ0v) is 21.9. The van der Waals surface area contributed by atoms with Crippen LogP contribution in [-0.2, 0) is 14.8 Å². The number of hydrogen-bond donors (Lipinski definition) is 1. The predicted octanol–water partition coefficient (Wildman–Crippen LogP) is 3.49. The van der Waals surface area contributed by atoms with E-state index in [9.17, 15) is 17.6 Å². The highest BCUT2D eigenvalue weighted by atomic mass is 32.2. The summed E-state index contributed by atoms with van der Waals surface area (Å²) in [6, 6.07) is 12.1. The quantitative estimate of drug-likeness (QED) is 0.672. The molecule has 0 spiro atoms. The highest BCUT2D eigenvalue weighted by Crippen LogP contribution is 2.39. The Morgan fingerprint density at radius 2 is 1.89 bits per heavy atom. The Balaban J connectivity index is 1.59. The number of halogens is 1. The molecule has 2 aliphatic heterocycles. The second kappa shape index (κ2) is 10.2. The van der Waals surface area contributed by atoms with Crippen molar-refractivity contribution in [1.29, 1.82) is 0 Å². The lowest BCUT2D eigenvalue weighted by Crippen LogP contribution is -2.53. The number of sulfonamides is 1. The van der Waals surface area contributed by atoms with Crippen molar-refractivity contribution >= 4 is 22.0 Å². The van der Waals surface area contributed by atoms with Gasteiger partial charge in [0.15, 0.2) is 0 Å². The molecule has 36 heavy (non-hydrogen) atoms. The zero-order chi connectivity index (χ0) is 26.1. The van der Waals surface area contributed by atoms with Gasteiger partial charge in [-0.25, -0.2) is 22.5 Å². The van der Waals surface area contributed by atoms with Gasteiger partial charge in [-0.15, -0.1) is 0 Å². The van der Waals surface area contributed by atoms with Crippen LogP contribution < -0.4 is 4.72 Å². The van der Waals surface area contributed by atoms with Gasteiger partial charge in [-0.1, -0.05) is 30.3 Å². The van der Waals surface area contributed by atoms with E-state index in [4.69, 9.17) is 4.74 Å². The van der Waals surface area contributed by atoms with Crippen LogP contribution in [0, 0.1) is 5.82 Å². The van der Waals surface area contributed by atoms with E-state index in [-0.39, 0.29) is 11.9 Å². The number of hydrogen-bond acceptors (Lipinski definition) is 6. The molecule has 0 bridgehead atoms. The molecule has 2 fully saturated rings. The fraction of sp³-hybridized carbons (Fsp3) is 0.462. The van der Waals surface area contributed by atoms with Crippen molar-refractivity contribution in [3.63, 3.8) is 0 Å². The summed E-state index contributed by atoms with van der Waals surface area (Å²) >= 11 is 0. The zero-order valence-electron chi connectivity index (χ0n) is 21.1. The van der Waals surface area contributed by atoms with Crippen LogP contribution in [0.15, 0.2) is 53.5 Å². The first kappa shape index (κ1) is 26.1. The first-order chi connectivity index (χ1) is 17.0. The Bertz CT molecular complexity index is 1260. The summed E-state index contributed by atoms with van der Waals surface area (Å²) in [4.78, 5) is 21.5. The predicted molar refractivity (Wildman–Crippen MR) is 137 cm³/mol. The summed E-state index contributed by atoms with van der Waals surface area (Å²) in [5, 5.41) is -1.09. The first-order valence-corrected chi connectivity index (χ1v) is 13.6. The van der Waals surface area contributed by atoms with Gasteiger partial charge >= 0.3 is 0 Å². The second-order valence-electron chi connectivity index (χ2n) is 9.94. The number of carbonyl (C=O) groups excluding carboxylic acids is 1. The van der Waals surface area contributed by atoms with E-state index in [0.717, 1.165) is 19.5 Å². The Morgan fingerprint density at radius 1 is 1.14 bits per heavy atom. The minimum atomic E-state index is -3.98. The second-order valence-corrected chi connectivity index (χ2v) is 11.7. The van der Waals surface area contributed by atoms with Gasteiger partial charge in [-0.3, -0.25) is 4.79 Å². The van der Waals surface area contributed by atoms with E-state index in [0.29, 0.717) is 29.8 Å². The minimum Gasteiger partial charge on any atom is -0.457 e. The van der Waals surface area contributed by atoms with Crippen LogP contribution in [0.3, 0.4) is 0 Å². The summed E-state index contributed by atoms with van der Waals surface area (Å²) < 4.78 is 49.4. The molecule has 0 aromatic heterocycles. The maximum absolute atomic E-state index is 14.2. The summed E-state index contributed by atoms with van der Waals surface area (Å²) in [6.07, 6.45) is 0.886. The molecule has 10 heteroatoms. The minimum absolute atomic E-state index is 0.118. The highest BCUT2D eigenvalue weighted by Gasteiger charge is 2.48. The molecule has 2 heterocycles. The highest BCUT2D eigenvalue weighted by molar-refractivity contribution is 7.90. The molecule has 4 rings (SSSR count). The van der Waals surface area contributed by atoms with Gasteiger partial charge in [0.1, 0.15) is 16.7 Å². The van der Waals surface area contributed by atoms with Gasteiger partial charge in [-0.2, -0.15) is 0 Å². The van der Waals surface area contributed by atoms with Crippen molar-refractivity contribution in [2.75, 3.05) is 33.2 Å². The molecule has 2 aromatic rings. The maximum Gasteiger partial charge on any atom is 0.299 e. The number of carbonyl (C=O) groups is 1. The Morgan fingerprint density at radius 3 is 2.61 bits per heavy atom. The van der Waals surface area contributed by atoms with Crippen LogP contribution in [-0.4, -0.2) is 69.0 Å². The number of ether oxygens (including phenoxy) is 1. The molecular formula is C26H33FN4O4S. The largest absolute Gasteiger partial charge is 0.457 e. The average Bonchev–Trinajstić information content (AvgIpc) is 3.01. The van der Waals surface area contributed by atoms with Crippen molar-refractivity contribution in [2.24, 2.45) is 4.99 Å². The third-order valence-corrected chi connectivity index (χ3v) is 8.56. The standard InChI is InChI=1S/C26H33FN4O4S/c1-18(21-11-5-6-12-22(21)27)28-25-29-36(33,34)23(26(2,3)35-25)19-9-7-10-20(17-19)24(32)31-14-8-13-30(4)15-16-31/h5-7,9-12,17-18,23H,8,13-16H2,1-4H3,(H,28,29)/t18-,23?/m0/s1. The van der Waals surface area contributed by atoms with Crippen LogP contribution in [0.25, 0.3) is 0 Å². The monoisotopic (exact) mass is 516 g/mol. The maximum atomic E-state index is 14.2. The lowest BCUT2D eigenvalue weighted by molar-refractivity contribution is 0.0742. The van der Waals surface area contributed by atoms with Crippen molar-refractivity contribution in [3.8, 4) is 0 Å².